The van der Waals surface area contributed by atoms with E-state index in [4.69, 9.17) is 4.74 Å². The number of aryl methyl sites for hydroxylation is 2. The maximum Gasteiger partial charge on any atom is 0.338 e. The number of benzene rings is 1. The van der Waals surface area contributed by atoms with E-state index < -0.39 is 6.04 Å². The lowest BCUT2D eigenvalue weighted by Gasteiger charge is -2.39. The molecule has 2 heterocycles. The monoisotopic (exact) mass is 400 g/mol. The van der Waals surface area contributed by atoms with Gasteiger partial charge in [-0.1, -0.05) is 23.8 Å². The Morgan fingerprint density at radius 3 is 2.48 bits per heavy atom. The Bertz CT molecular complexity index is 812. The molecule has 0 aliphatic carbocycles. The van der Waals surface area contributed by atoms with E-state index in [1.165, 1.54) is 0 Å². The third kappa shape index (κ3) is 4.62. The zero-order chi connectivity index (χ0) is 21.1. The number of piperazine rings is 1. The highest BCUT2D eigenvalue weighted by Gasteiger charge is 2.38. The van der Waals surface area contributed by atoms with Crippen molar-refractivity contribution in [2.45, 2.75) is 26.8 Å². The Morgan fingerprint density at radius 2 is 1.86 bits per heavy atom. The Labute approximate surface area is 173 Å². The van der Waals surface area contributed by atoms with Gasteiger partial charge >= 0.3 is 12.0 Å². The first-order valence-corrected chi connectivity index (χ1v) is 10.2. The molecule has 0 radical (unpaired) electrons. The summed E-state index contributed by atoms with van der Waals surface area (Å²) < 4.78 is 5.42. The molecule has 1 aromatic rings. The summed E-state index contributed by atoms with van der Waals surface area (Å²) >= 11 is 0. The first-order valence-electron chi connectivity index (χ1n) is 10.2. The molecule has 158 valence electrons. The average Bonchev–Trinajstić information content (AvgIpc) is 2.67. The highest BCUT2D eigenvalue weighted by molar-refractivity contribution is 5.95. The topological polar surface area (TPSA) is 65.1 Å². The van der Waals surface area contributed by atoms with Crippen LogP contribution in [0.2, 0.25) is 0 Å². The number of urea groups is 1. The first kappa shape index (κ1) is 21.3. The Balaban J connectivity index is 2.05. The number of nitrogens with one attached hydrogen (secondary N) is 1. The van der Waals surface area contributed by atoms with Crippen molar-refractivity contribution in [1.29, 1.82) is 0 Å². The van der Waals surface area contributed by atoms with Gasteiger partial charge in [0, 0.05) is 45.5 Å². The minimum atomic E-state index is -0.513. The molecule has 1 fully saturated rings. The average molecular weight is 401 g/mol. The number of rotatable bonds is 5. The minimum Gasteiger partial charge on any atom is -0.463 e. The van der Waals surface area contributed by atoms with E-state index >= 15 is 0 Å². The summed E-state index contributed by atoms with van der Waals surface area (Å²) in [4.78, 5) is 32.0. The first-order chi connectivity index (χ1) is 13.8. The van der Waals surface area contributed by atoms with Gasteiger partial charge in [-0.25, -0.2) is 9.59 Å². The molecule has 2 aliphatic heterocycles. The number of ether oxygens (including phenoxy) is 1. The molecule has 1 saturated heterocycles. The van der Waals surface area contributed by atoms with E-state index in [0.717, 1.165) is 48.6 Å². The Hall–Kier alpha value is -2.38. The molecule has 7 heteroatoms. The van der Waals surface area contributed by atoms with Gasteiger partial charge in [-0.2, -0.15) is 0 Å². The molecule has 1 aromatic carbocycles. The van der Waals surface area contributed by atoms with E-state index in [2.05, 4.69) is 28.2 Å². The summed E-state index contributed by atoms with van der Waals surface area (Å²) in [6, 6.07) is 5.36. The number of carbonyl (C=O) groups excluding carboxylic acids is 2. The Kier molecular flexibility index (Phi) is 6.59. The van der Waals surface area contributed by atoms with Gasteiger partial charge in [0.2, 0.25) is 0 Å². The smallest absolute Gasteiger partial charge is 0.338 e. The third-order valence-electron chi connectivity index (χ3n) is 5.78. The molecule has 0 saturated carbocycles. The molecule has 29 heavy (non-hydrogen) atoms. The number of esters is 1. The SMILES string of the molecule is CCOC(=O)C1=C(CN2CCN(C)CC2)N(C)C(=O)N[C@H]1c1ccc(C)cc1C. The highest BCUT2D eigenvalue weighted by Crippen LogP contribution is 2.33. The fraction of sp³-hybridized carbons (Fsp3) is 0.545. The molecule has 2 aliphatic rings. The minimum absolute atomic E-state index is 0.202. The van der Waals surface area contributed by atoms with Crippen LogP contribution in [0.3, 0.4) is 0 Å². The summed E-state index contributed by atoms with van der Waals surface area (Å²) in [5.74, 6) is -0.367. The molecule has 0 unspecified atom stereocenters. The molecular weight excluding hydrogens is 368 g/mol. The van der Waals surface area contributed by atoms with Crippen molar-refractivity contribution in [3.05, 3.63) is 46.2 Å². The molecule has 0 spiro atoms. The molecule has 1 N–H and O–H groups in total. The van der Waals surface area contributed by atoms with Crippen molar-refractivity contribution < 1.29 is 14.3 Å². The molecular formula is C22H32N4O3. The van der Waals surface area contributed by atoms with Crippen molar-refractivity contribution in [3.63, 3.8) is 0 Å². The third-order valence-corrected chi connectivity index (χ3v) is 5.78. The van der Waals surface area contributed by atoms with Crippen LogP contribution in [-0.2, 0) is 9.53 Å². The van der Waals surface area contributed by atoms with Gasteiger partial charge in [0.15, 0.2) is 0 Å². The fourth-order valence-corrected chi connectivity index (χ4v) is 4.00. The van der Waals surface area contributed by atoms with Crippen molar-refractivity contribution in [1.82, 2.24) is 20.0 Å². The standard InChI is InChI=1S/C22H32N4O3/c1-6-29-21(27)19-18(14-26-11-9-24(4)10-12-26)25(5)22(28)23-20(19)17-8-7-15(2)13-16(17)3/h7-8,13,20H,6,9-12,14H2,1-5H3,(H,23,28)/t20-/m0/s1. The second kappa shape index (κ2) is 8.97. The van der Waals surface area contributed by atoms with Crippen LogP contribution in [0, 0.1) is 13.8 Å². The predicted octanol–water partition coefficient (Wildman–Crippen LogP) is 2.06. The van der Waals surface area contributed by atoms with Gasteiger partial charge in [-0.15, -0.1) is 0 Å². The quantitative estimate of drug-likeness (QED) is 0.767. The van der Waals surface area contributed by atoms with Crippen LogP contribution in [0.25, 0.3) is 0 Å². The predicted molar refractivity (Wildman–Crippen MR) is 113 cm³/mol. The van der Waals surface area contributed by atoms with E-state index in [1.807, 2.05) is 26.0 Å². The van der Waals surface area contributed by atoms with E-state index in [1.54, 1.807) is 18.9 Å². The van der Waals surface area contributed by atoms with Crippen LogP contribution in [0.15, 0.2) is 29.5 Å². The molecule has 0 aromatic heterocycles. The molecule has 2 amide bonds. The molecule has 1 atom stereocenters. The highest BCUT2D eigenvalue weighted by atomic mass is 16.5. The van der Waals surface area contributed by atoms with Gasteiger partial charge < -0.3 is 15.0 Å². The van der Waals surface area contributed by atoms with Gasteiger partial charge in [0.05, 0.1) is 18.2 Å². The van der Waals surface area contributed by atoms with E-state index in [0.29, 0.717) is 18.7 Å². The Morgan fingerprint density at radius 1 is 1.17 bits per heavy atom. The summed E-state index contributed by atoms with van der Waals surface area (Å²) in [6.07, 6.45) is 0. The fourth-order valence-electron chi connectivity index (χ4n) is 4.00. The number of carbonyl (C=O) groups is 2. The summed E-state index contributed by atoms with van der Waals surface area (Å²) in [5, 5.41) is 3.01. The lowest BCUT2D eigenvalue weighted by molar-refractivity contribution is -0.139. The normalized spacial score (nSPS) is 21.3. The van der Waals surface area contributed by atoms with Crippen molar-refractivity contribution in [2.75, 3.05) is 53.4 Å². The van der Waals surface area contributed by atoms with Gasteiger partial charge in [0.1, 0.15) is 0 Å². The van der Waals surface area contributed by atoms with Crippen molar-refractivity contribution in [3.8, 4) is 0 Å². The van der Waals surface area contributed by atoms with Crippen molar-refractivity contribution >= 4 is 12.0 Å². The van der Waals surface area contributed by atoms with Gasteiger partial charge in [-0.3, -0.25) is 9.80 Å². The summed E-state index contributed by atoms with van der Waals surface area (Å²) in [5.41, 5.74) is 4.36. The van der Waals surface area contributed by atoms with Crippen LogP contribution in [0.1, 0.15) is 29.7 Å². The molecule has 0 bridgehead atoms. The second-order valence-corrected chi connectivity index (χ2v) is 7.96. The number of nitrogens with zero attached hydrogens (tertiary/aromatic N) is 3. The van der Waals surface area contributed by atoms with Crippen molar-refractivity contribution in [2.24, 2.45) is 0 Å². The van der Waals surface area contributed by atoms with Gasteiger partial charge in [0.25, 0.3) is 0 Å². The summed E-state index contributed by atoms with van der Waals surface area (Å²) in [7, 11) is 3.83. The van der Waals surface area contributed by atoms with Crippen LogP contribution in [0.4, 0.5) is 4.79 Å². The largest absolute Gasteiger partial charge is 0.463 e. The van der Waals surface area contributed by atoms with E-state index in [-0.39, 0.29) is 12.0 Å². The zero-order valence-electron chi connectivity index (χ0n) is 18.1. The van der Waals surface area contributed by atoms with Crippen LogP contribution in [0.5, 0.6) is 0 Å². The van der Waals surface area contributed by atoms with Gasteiger partial charge in [-0.05, 0) is 38.9 Å². The number of hydrogen-bond acceptors (Lipinski definition) is 5. The molecule has 3 rings (SSSR count). The maximum atomic E-state index is 13.0. The van der Waals surface area contributed by atoms with Crippen LogP contribution >= 0.6 is 0 Å². The van der Waals surface area contributed by atoms with Crippen LogP contribution < -0.4 is 5.32 Å². The zero-order valence-corrected chi connectivity index (χ0v) is 18.1. The number of likely N-dealkylation sites (N-methyl/N-ethyl adjacent to an activating group) is 2. The lowest BCUT2D eigenvalue weighted by Crippen LogP contribution is -2.51. The molecule has 7 nitrogen and oxygen atoms in total. The number of amides is 2. The summed E-state index contributed by atoms with van der Waals surface area (Å²) in [6.45, 7) is 10.4. The lowest BCUT2D eigenvalue weighted by atomic mass is 9.90. The van der Waals surface area contributed by atoms with Crippen LogP contribution in [-0.4, -0.2) is 80.1 Å². The van der Waals surface area contributed by atoms with E-state index in [9.17, 15) is 9.59 Å². The number of hydrogen-bond donors (Lipinski definition) is 1. The second-order valence-electron chi connectivity index (χ2n) is 7.96. The maximum absolute atomic E-state index is 13.0.